The van der Waals surface area contributed by atoms with Crippen LogP contribution in [0.1, 0.15) is 18.1 Å². The standard InChI is InChI=1S/C22H26FNO6/c1-14(25)24-18-20(27)30-19(17(26)12-15-8-4-2-5-9-15)22(23,29)21(18,28)13-16-10-6-3-7-11-16/h2-11,17-20,26-29H,12-13H2,1H3,(H,24,25)/t17?,18-,19+,20?,21+,22-/m0/s1. The van der Waals surface area contributed by atoms with Crippen LogP contribution in [0.15, 0.2) is 60.7 Å². The van der Waals surface area contributed by atoms with E-state index in [1.807, 2.05) is 0 Å². The maximum Gasteiger partial charge on any atom is 0.267 e. The van der Waals surface area contributed by atoms with Gasteiger partial charge < -0.3 is 30.5 Å². The van der Waals surface area contributed by atoms with Gasteiger partial charge >= 0.3 is 0 Å². The fourth-order valence-corrected chi connectivity index (χ4v) is 3.88. The number of ether oxygens (including phenoxy) is 1. The van der Waals surface area contributed by atoms with E-state index in [-0.39, 0.29) is 6.42 Å². The van der Waals surface area contributed by atoms with Crippen molar-refractivity contribution in [3.63, 3.8) is 0 Å². The maximum absolute atomic E-state index is 15.9. The monoisotopic (exact) mass is 419 g/mol. The number of hydrogen-bond donors (Lipinski definition) is 5. The van der Waals surface area contributed by atoms with Gasteiger partial charge in [0, 0.05) is 19.8 Å². The van der Waals surface area contributed by atoms with Crippen molar-refractivity contribution in [3.8, 4) is 0 Å². The zero-order valence-electron chi connectivity index (χ0n) is 16.5. The van der Waals surface area contributed by atoms with Gasteiger partial charge in [-0.25, -0.2) is 4.39 Å². The van der Waals surface area contributed by atoms with Gasteiger partial charge in [0.1, 0.15) is 12.1 Å². The average Bonchev–Trinajstić information content (AvgIpc) is 2.70. The third-order valence-electron chi connectivity index (χ3n) is 5.38. The van der Waals surface area contributed by atoms with E-state index in [0.29, 0.717) is 11.1 Å². The molecule has 30 heavy (non-hydrogen) atoms. The van der Waals surface area contributed by atoms with E-state index in [9.17, 15) is 25.2 Å². The molecule has 2 aromatic carbocycles. The molecule has 1 saturated heterocycles. The number of hydrogen-bond acceptors (Lipinski definition) is 6. The van der Waals surface area contributed by atoms with Crippen LogP contribution >= 0.6 is 0 Å². The number of carbonyl (C=O) groups is 1. The molecule has 0 aliphatic carbocycles. The molecule has 1 amide bonds. The Hall–Kier alpha value is -2.36. The highest BCUT2D eigenvalue weighted by Crippen LogP contribution is 2.42. The molecule has 1 aliphatic heterocycles. The highest BCUT2D eigenvalue weighted by Gasteiger charge is 2.67. The number of aliphatic hydroxyl groups is 4. The summed E-state index contributed by atoms with van der Waals surface area (Å²) >= 11 is 0. The van der Waals surface area contributed by atoms with Gasteiger partial charge in [-0.3, -0.25) is 4.79 Å². The predicted octanol–water partition coefficient (Wildman–Crippen LogP) is 0.444. The van der Waals surface area contributed by atoms with Gasteiger partial charge in [0.2, 0.25) is 5.91 Å². The van der Waals surface area contributed by atoms with Gasteiger partial charge in [0.25, 0.3) is 5.85 Å². The predicted molar refractivity (Wildman–Crippen MR) is 106 cm³/mol. The van der Waals surface area contributed by atoms with Gasteiger partial charge in [-0.1, -0.05) is 60.7 Å². The lowest BCUT2D eigenvalue weighted by atomic mass is 9.74. The first-order chi connectivity index (χ1) is 14.1. The number of amides is 1. The Morgan fingerprint density at radius 3 is 2.17 bits per heavy atom. The van der Waals surface area contributed by atoms with E-state index in [2.05, 4.69) is 5.32 Å². The van der Waals surface area contributed by atoms with Crippen LogP contribution in [-0.2, 0) is 22.4 Å². The van der Waals surface area contributed by atoms with Crippen LogP contribution in [0.4, 0.5) is 4.39 Å². The second kappa shape index (κ2) is 8.79. The molecular weight excluding hydrogens is 393 g/mol. The molecule has 0 radical (unpaired) electrons. The second-order valence-electron chi connectivity index (χ2n) is 7.64. The van der Waals surface area contributed by atoms with E-state index >= 15 is 4.39 Å². The lowest BCUT2D eigenvalue weighted by molar-refractivity contribution is -0.377. The molecule has 1 heterocycles. The molecule has 0 saturated carbocycles. The zero-order chi connectivity index (χ0) is 21.9. The summed E-state index contributed by atoms with van der Waals surface area (Å²) in [6.45, 7) is 1.13. The number of aliphatic hydroxyl groups excluding tert-OH is 2. The van der Waals surface area contributed by atoms with Crippen LogP contribution in [0, 0.1) is 0 Å². The second-order valence-corrected chi connectivity index (χ2v) is 7.64. The summed E-state index contributed by atoms with van der Waals surface area (Å²) in [6.07, 6.45) is -5.95. The summed E-state index contributed by atoms with van der Waals surface area (Å²) in [4.78, 5) is 11.6. The topological polar surface area (TPSA) is 119 Å². The van der Waals surface area contributed by atoms with E-state index in [0.717, 1.165) is 6.92 Å². The highest BCUT2D eigenvalue weighted by molar-refractivity contribution is 5.73. The molecule has 2 aromatic rings. The van der Waals surface area contributed by atoms with Crippen molar-refractivity contribution in [2.24, 2.45) is 0 Å². The van der Waals surface area contributed by atoms with E-state index in [1.54, 1.807) is 60.7 Å². The Kier molecular flexibility index (Phi) is 6.54. The molecule has 7 nitrogen and oxygen atoms in total. The van der Waals surface area contributed by atoms with E-state index < -0.39 is 48.3 Å². The summed E-state index contributed by atoms with van der Waals surface area (Å²) in [6, 6.07) is 15.3. The Morgan fingerprint density at radius 1 is 1.10 bits per heavy atom. The molecule has 6 atom stereocenters. The minimum atomic E-state index is -3.50. The van der Waals surface area contributed by atoms with Crippen LogP contribution in [0.25, 0.3) is 0 Å². The third-order valence-corrected chi connectivity index (χ3v) is 5.38. The molecule has 0 aromatic heterocycles. The molecular formula is C22H26FNO6. The zero-order valence-corrected chi connectivity index (χ0v) is 16.5. The van der Waals surface area contributed by atoms with Crippen molar-refractivity contribution in [2.75, 3.05) is 0 Å². The van der Waals surface area contributed by atoms with Gasteiger partial charge in [-0.2, -0.15) is 0 Å². The lowest BCUT2D eigenvalue weighted by Gasteiger charge is -2.53. The Bertz CT molecular complexity index is 849. The van der Waals surface area contributed by atoms with Crippen LogP contribution in [0.5, 0.6) is 0 Å². The Morgan fingerprint density at radius 2 is 1.63 bits per heavy atom. The number of carbonyl (C=O) groups excluding carboxylic acids is 1. The smallest absolute Gasteiger partial charge is 0.267 e. The van der Waals surface area contributed by atoms with Crippen LogP contribution < -0.4 is 5.32 Å². The summed E-state index contributed by atoms with van der Waals surface area (Å²) in [5.41, 5.74) is -1.58. The number of halogens is 1. The first-order valence-corrected chi connectivity index (χ1v) is 9.65. The SMILES string of the molecule is CC(=O)N[C@H]1C(O)O[C@H](C(O)Cc2ccccc2)[C@@](O)(F)[C@@]1(O)Cc1ccccc1. The van der Waals surface area contributed by atoms with Gasteiger partial charge in [0.05, 0.1) is 6.10 Å². The molecule has 1 fully saturated rings. The van der Waals surface area contributed by atoms with Crippen molar-refractivity contribution >= 4 is 5.91 Å². The first kappa shape index (κ1) is 22.3. The Balaban J connectivity index is 1.96. The fraction of sp³-hybridized carbons (Fsp3) is 0.409. The van der Waals surface area contributed by atoms with Crippen molar-refractivity contribution in [3.05, 3.63) is 71.8 Å². The van der Waals surface area contributed by atoms with Gasteiger partial charge in [-0.05, 0) is 11.1 Å². The fourth-order valence-electron chi connectivity index (χ4n) is 3.88. The Labute approximate surface area is 173 Å². The van der Waals surface area contributed by atoms with E-state index in [4.69, 9.17) is 4.74 Å². The van der Waals surface area contributed by atoms with Crippen molar-refractivity contribution in [1.82, 2.24) is 5.32 Å². The summed E-state index contributed by atoms with van der Waals surface area (Å²) in [5, 5.41) is 45.5. The lowest BCUT2D eigenvalue weighted by Crippen LogP contribution is -2.78. The van der Waals surface area contributed by atoms with Crippen LogP contribution in [0.2, 0.25) is 0 Å². The van der Waals surface area contributed by atoms with Crippen LogP contribution in [-0.4, -0.2) is 62.3 Å². The molecule has 2 unspecified atom stereocenters. The molecule has 3 rings (SSSR count). The molecule has 1 aliphatic rings. The summed E-state index contributed by atoms with van der Waals surface area (Å²) in [7, 11) is 0. The number of benzene rings is 2. The minimum Gasteiger partial charge on any atom is -0.390 e. The summed E-state index contributed by atoms with van der Waals surface area (Å²) < 4.78 is 21.0. The molecule has 8 heteroatoms. The average molecular weight is 419 g/mol. The number of alkyl halides is 1. The first-order valence-electron chi connectivity index (χ1n) is 9.65. The maximum atomic E-state index is 15.9. The van der Waals surface area contributed by atoms with Gasteiger partial charge in [-0.15, -0.1) is 0 Å². The molecule has 0 bridgehead atoms. The highest BCUT2D eigenvalue weighted by atomic mass is 19.2. The third kappa shape index (κ3) is 4.38. The number of nitrogens with one attached hydrogen (secondary N) is 1. The van der Waals surface area contributed by atoms with Crippen molar-refractivity contribution in [2.45, 2.75) is 55.8 Å². The normalized spacial score (nSPS) is 32.4. The van der Waals surface area contributed by atoms with E-state index in [1.165, 1.54) is 0 Å². The summed E-state index contributed by atoms with van der Waals surface area (Å²) in [5.74, 6) is -4.16. The number of rotatable bonds is 6. The molecule has 162 valence electrons. The van der Waals surface area contributed by atoms with Crippen LogP contribution in [0.3, 0.4) is 0 Å². The van der Waals surface area contributed by atoms with Crippen molar-refractivity contribution < 1.29 is 34.3 Å². The molecule has 0 spiro atoms. The minimum absolute atomic E-state index is 0.0866. The quantitative estimate of drug-likeness (QED) is 0.464. The van der Waals surface area contributed by atoms with Gasteiger partial charge in [0.15, 0.2) is 11.9 Å². The largest absolute Gasteiger partial charge is 0.390 e. The molecule has 5 N–H and O–H groups in total. The van der Waals surface area contributed by atoms with Crippen molar-refractivity contribution in [1.29, 1.82) is 0 Å².